The minimum atomic E-state index is -1.17. The Morgan fingerprint density at radius 1 is 1.23 bits per heavy atom. The van der Waals surface area contributed by atoms with Crippen molar-refractivity contribution in [3.05, 3.63) is 36.9 Å². The topological polar surface area (TPSA) is 111 Å². The van der Waals surface area contributed by atoms with E-state index in [1.54, 1.807) is 11.0 Å². The van der Waals surface area contributed by atoms with Crippen LogP contribution in [0, 0.1) is 11.8 Å². The van der Waals surface area contributed by atoms with Crippen LogP contribution in [0.5, 0.6) is 0 Å². The van der Waals surface area contributed by atoms with E-state index < -0.39 is 35.6 Å². The molecular weight excluding hydrogens is 450 g/mol. The lowest BCUT2D eigenvalue weighted by molar-refractivity contribution is -0.149. The van der Waals surface area contributed by atoms with Gasteiger partial charge in [-0.25, -0.2) is 0 Å². The highest BCUT2D eigenvalue weighted by atomic mass is 16.5. The lowest BCUT2D eigenvalue weighted by atomic mass is 9.70. The van der Waals surface area contributed by atoms with Gasteiger partial charge in [0.2, 0.25) is 5.91 Å². The molecule has 0 saturated carbocycles. The Labute approximate surface area is 205 Å². The molecule has 4 rings (SSSR count). The average molecular weight is 486 g/mol. The number of carbonyl (C=O) groups is 3. The molecule has 0 radical (unpaired) electrons. The highest BCUT2D eigenvalue weighted by molar-refractivity contribution is 6.04. The fourth-order valence-electron chi connectivity index (χ4n) is 6.23. The Bertz CT molecular complexity index is 978. The van der Waals surface area contributed by atoms with E-state index in [0.717, 1.165) is 18.8 Å². The van der Waals surface area contributed by atoms with Gasteiger partial charge in [0, 0.05) is 44.2 Å². The first-order valence-electron chi connectivity index (χ1n) is 12.4. The predicted molar refractivity (Wildman–Crippen MR) is 131 cm³/mol. The van der Waals surface area contributed by atoms with Crippen LogP contribution >= 0.6 is 0 Å². The molecule has 3 saturated heterocycles. The minimum Gasteiger partial charge on any atom is -0.481 e. The molecule has 9 nitrogen and oxygen atoms in total. The van der Waals surface area contributed by atoms with Crippen molar-refractivity contribution >= 4 is 29.2 Å². The van der Waals surface area contributed by atoms with Crippen molar-refractivity contribution in [3.8, 4) is 0 Å². The number of fused-ring (bicyclic) bond motifs is 1. The van der Waals surface area contributed by atoms with E-state index >= 15 is 0 Å². The van der Waals surface area contributed by atoms with Gasteiger partial charge in [0.15, 0.2) is 0 Å². The smallest absolute Gasteiger partial charge is 0.310 e. The summed E-state index contributed by atoms with van der Waals surface area (Å²) in [4.78, 5) is 45.0. The number of aliphatic hydroxyl groups excluding tert-OH is 1. The summed E-state index contributed by atoms with van der Waals surface area (Å²) >= 11 is 0. The number of carboxylic acids is 1. The molecular formula is C26H35N3O6. The summed E-state index contributed by atoms with van der Waals surface area (Å²) in [6.45, 7) is 9.96. The monoisotopic (exact) mass is 485 g/mol. The van der Waals surface area contributed by atoms with E-state index in [1.165, 1.54) is 4.90 Å². The number of benzene rings is 1. The van der Waals surface area contributed by atoms with Gasteiger partial charge in [-0.15, -0.1) is 6.58 Å². The number of ether oxygens (including phenoxy) is 1. The third kappa shape index (κ3) is 4.00. The van der Waals surface area contributed by atoms with Gasteiger partial charge in [0.25, 0.3) is 5.91 Å². The molecule has 3 heterocycles. The second-order valence-electron chi connectivity index (χ2n) is 9.43. The first kappa shape index (κ1) is 25.2. The number of aliphatic hydroxyl groups is 1. The van der Waals surface area contributed by atoms with Crippen LogP contribution in [0.15, 0.2) is 36.9 Å². The molecule has 2 bridgehead atoms. The van der Waals surface area contributed by atoms with Gasteiger partial charge in [-0.2, -0.15) is 0 Å². The van der Waals surface area contributed by atoms with E-state index in [4.69, 9.17) is 4.74 Å². The molecule has 0 aromatic heterocycles. The van der Waals surface area contributed by atoms with Crippen LogP contribution in [0.25, 0.3) is 0 Å². The van der Waals surface area contributed by atoms with Crippen molar-refractivity contribution in [2.75, 3.05) is 42.6 Å². The maximum absolute atomic E-state index is 14.2. The van der Waals surface area contributed by atoms with Crippen LogP contribution in [-0.4, -0.2) is 83.4 Å². The molecule has 2 N–H and O–H groups in total. The number of likely N-dealkylation sites (tertiary alicyclic amines) is 1. The Hall–Kier alpha value is -2.91. The summed E-state index contributed by atoms with van der Waals surface area (Å²) in [5.74, 6) is -3.63. The molecule has 2 amide bonds. The van der Waals surface area contributed by atoms with Gasteiger partial charge >= 0.3 is 5.97 Å². The third-order valence-corrected chi connectivity index (χ3v) is 7.74. The van der Waals surface area contributed by atoms with Crippen LogP contribution < -0.4 is 9.80 Å². The zero-order valence-corrected chi connectivity index (χ0v) is 20.4. The minimum absolute atomic E-state index is 0.141. The largest absolute Gasteiger partial charge is 0.481 e. The third-order valence-electron chi connectivity index (χ3n) is 7.74. The lowest BCUT2D eigenvalue weighted by Gasteiger charge is -2.36. The van der Waals surface area contributed by atoms with Gasteiger partial charge in [0.1, 0.15) is 11.6 Å². The molecule has 35 heavy (non-hydrogen) atoms. The van der Waals surface area contributed by atoms with Gasteiger partial charge in [0.05, 0.1) is 17.9 Å². The number of hydrogen-bond donors (Lipinski definition) is 2. The highest BCUT2D eigenvalue weighted by Crippen LogP contribution is 2.58. The summed E-state index contributed by atoms with van der Waals surface area (Å²) in [6.07, 6.45) is 2.30. The second-order valence-corrected chi connectivity index (χ2v) is 9.43. The molecule has 2 unspecified atom stereocenters. The molecule has 0 aliphatic carbocycles. The zero-order valence-electron chi connectivity index (χ0n) is 20.4. The van der Waals surface area contributed by atoms with E-state index in [-0.39, 0.29) is 31.5 Å². The molecule has 3 fully saturated rings. The van der Waals surface area contributed by atoms with E-state index in [9.17, 15) is 24.6 Å². The summed E-state index contributed by atoms with van der Waals surface area (Å²) in [6, 6.07) is 6.74. The maximum atomic E-state index is 14.2. The van der Waals surface area contributed by atoms with Crippen LogP contribution in [0.4, 0.5) is 11.4 Å². The van der Waals surface area contributed by atoms with Crippen LogP contribution in [-0.2, 0) is 19.1 Å². The Morgan fingerprint density at radius 2 is 1.89 bits per heavy atom. The van der Waals surface area contributed by atoms with Gasteiger partial charge in [-0.05, 0) is 57.4 Å². The molecule has 3 aliphatic rings. The second kappa shape index (κ2) is 9.99. The molecule has 1 aromatic carbocycles. The normalized spacial score (nSPS) is 28.8. The van der Waals surface area contributed by atoms with Crippen molar-refractivity contribution in [2.24, 2.45) is 11.8 Å². The van der Waals surface area contributed by atoms with Gasteiger partial charge < -0.3 is 29.6 Å². The van der Waals surface area contributed by atoms with Gasteiger partial charge in [-0.1, -0.05) is 6.08 Å². The van der Waals surface area contributed by atoms with Crippen LogP contribution in [0.3, 0.4) is 0 Å². The molecule has 9 heteroatoms. The van der Waals surface area contributed by atoms with E-state index in [1.807, 2.05) is 24.3 Å². The lowest BCUT2D eigenvalue weighted by Crippen LogP contribution is -2.56. The van der Waals surface area contributed by atoms with Crippen LogP contribution in [0.2, 0.25) is 0 Å². The van der Waals surface area contributed by atoms with E-state index in [0.29, 0.717) is 24.9 Å². The van der Waals surface area contributed by atoms with Crippen molar-refractivity contribution in [2.45, 2.75) is 50.9 Å². The number of carbonyl (C=O) groups excluding carboxylic acids is 2. The number of hydrogen-bond acceptors (Lipinski definition) is 6. The van der Waals surface area contributed by atoms with E-state index in [2.05, 4.69) is 25.3 Å². The maximum Gasteiger partial charge on any atom is 0.310 e. The predicted octanol–water partition coefficient (Wildman–Crippen LogP) is 1.89. The molecule has 5 atom stereocenters. The number of anilines is 2. The van der Waals surface area contributed by atoms with Crippen molar-refractivity contribution < 1.29 is 29.3 Å². The van der Waals surface area contributed by atoms with Crippen LogP contribution in [0.1, 0.15) is 33.1 Å². The first-order chi connectivity index (χ1) is 16.8. The molecule has 1 spiro atoms. The van der Waals surface area contributed by atoms with Crippen molar-refractivity contribution in [1.29, 1.82) is 0 Å². The zero-order chi connectivity index (χ0) is 25.3. The number of aliphatic carboxylic acids is 1. The summed E-state index contributed by atoms with van der Waals surface area (Å²) < 4.78 is 6.23. The summed E-state index contributed by atoms with van der Waals surface area (Å²) in [7, 11) is 0. The standard InChI is InChI=1S/C26H35N3O6/c1-4-14-28(18-10-8-17(9-11-18)27(5-2)6-3)24(32)22-26-13-12-19(35-26)20(25(33)34)21(26)23(31)29(22)15-7-16-30/h4,8-11,19-22,30H,1,5-7,12-16H2,2-3H3,(H,33,34)/t19-,20+,21+,22?,26?/m1/s1. The first-order valence-corrected chi connectivity index (χ1v) is 12.4. The summed E-state index contributed by atoms with van der Waals surface area (Å²) in [5.41, 5.74) is 0.548. The Kier molecular flexibility index (Phi) is 7.19. The number of carboxylic acid groups (broad SMARTS) is 1. The molecule has 1 aromatic rings. The highest BCUT2D eigenvalue weighted by Gasteiger charge is 2.74. The quantitative estimate of drug-likeness (QED) is 0.461. The molecule has 3 aliphatic heterocycles. The molecule has 190 valence electrons. The fraction of sp³-hybridized carbons (Fsp3) is 0.577. The fourth-order valence-corrected chi connectivity index (χ4v) is 6.23. The van der Waals surface area contributed by atoms with Crippen molar-refractivity contribution in [3.63, 3.8) is 0 Å². The van der Waals surface area contributed by atoms with Crippen molar-refractivity contribution in [1.82, 2.24) is 4.90 Å². The SMILES string of the molecule is C=CCN(C(=O)C1N(CCCO)C(=O)[C@@H]2[C@@H](C(=O)O)[C@H]3CCC12O3)c1ccc(N(CC)CC)cc1. The Balaban J connectivity index is 1.71. The number of amides is 2. The van der Waals surface area contributed by atoms with Gasteiger partial charge in [-0.3, -0.25) is 14.4 Å². The number of nitrogens with zero attached hydrogens (tertiary/aromatic N) is 3. The average Bonchev–Trinajstić information content (AvgIpc) is 3.49. The number of rotatable bonds is 11. The Morgan fingerprint density at radius 3 is 2.46 bits per heavy atom. The summed E-state index contributed by atoms with van der Waals surface area (Å²) in [5, 5.41) is 19.3.